The largest absolute Gasteiger partial charge is 1.00 e. The van der Waals surface area contributed by atoms with E-state index >= 15 is 0 Å². The minimum Gasteiger partial charge on any atom is -1.00 e. The van der Waals surface area contributed by atoms with Gasteiger partial charge in [0.25, 0.3) is 0 Å². The minimum atomic E-state index is 0. The molecule has 0 radical (unpaired) electrons. The summed E-state index contributed by atoms with van der Waals surface area (Å²) >= 11 is 1.90. The van der Waals surface area contributed by atoms with Crippen LogP contribution in [0.5, 0.6) is 5.75 Å². The third kappa shape index (κ3) is 3.61. The van der Waals surface area contributed by atoms with E-state index in [1.54, 1.807) is 7.11 Å². The first-order valence-electron chi connectivity index (χ1n) is 10.3. The number of aromatic nitrogens is 1. The summed E-state index contributed by atoms with van der Waals surface area (Å²) in [6.45, 7) is 4.53. The van der Waals surface area contributed by atoms with Gasteiger partial charge in [-0.3, -0.25) is 0 Å². The number of ether oxygens (including phenoxy) is 1. The van der Waals surface area contributed by atoms with Gasteiger partial charge in [0.1, 0.15) is 10.6 Å². The van der Waals surface area contributed by atoms with Crippen LogP contribution in [-0.4, -0.2) is 12.1 Å². The van der Waals surface area contributed by atoms with Gasteiger partial charge in [0.2, 0.25) is 0 Å². The van der Waals surface area contributed by atoms with Gasteiger partial charge < -0.3 is 17.1 Å². The van der Waals surface area contributed by atoms with Gasteiger partial charge in [-0.15, -0.1) is 11.3 Å². The van der Waals surface area contributed by atoms with Crippen molar-refractivity contribution in [3.63, 3.8) is 0 Å². The van der Waals surface area contributed by atoms with Gasteiger partial charge in [0.05, 0.1) is 12.8 Å². The maximum atomic E-state index is 5.38. The van der Waals surface area contributed by atoms with Crippen molar-refractivity contribution in [2.75, 3.05) is 7.11 Å². The SMILES string of the molecule is COc1ccc(-c2cc(-c3ccccc3C)nc3sc4c(c23)CCC(C)C4)cc1.[Cl-]. The first-order chi connectivity index (χ1) is 14.1. The molecular formula is C26H25ClNOS-. The van der Waals surface area contributed by atoms with E-state index in [4.69, 9.17) is 9.72 Å². The Bertz CT molecular complexity index is 1200. The van der Waals surface area contributed by atoms with Crippen molar-refractivity contribution < 1.29 is 17.1 Å². The molecule has 2 nitrogen and oxygen atoms in total. The normalized spacial score (nSPS) is 15.5. The minimum absolute atomic E-state index is 0. The topological polar surface area (TPSA) is 22.1 Å². The molecule has 0 amide bonds. The maximum Gasteiger partial charge on any atom is 0.125 e. The zero-order valence-electron chi connectivity index (χ0n) is 17.5. The number of aryl methyl sites for hydroxylation is 2. The second kappa shape index (κ2) is 8.41. The molecule has 2 aromatic carbocycles. The third-order valence-electron chi connectivity index (χ3n) is 6.09. The molecule has 4 aromatic rings. The first kappa shape index (κ1) is 20.9. The first-order valence-corrected chi connectivity index (χ1v) is 11.1. The zero-order valence-corrected chi connectivity index (χ0v) is 19.1. The van der Waals surface area contributed by atoms with Crippen LogP contribution in [0, 0.1) is 12.8 Å². The Kier molecular flexibility index (Phi) is 5.86. The van der Waals surface area contributed by atoms with Gasteiger partial charge in [-0.25, -0.2) is 4.98 Å². The summed E-state index contributed by atoms with van der Waals surface area (Å²) in [5.74, 6) is 1.65. The third-order valence-corrected chi connectivity index (χ3v) is 7.24. The number of rotatable bonds is 3. The molecular weight excluding hydrogens is 410 g/mol. The van der Waals surface area contributed by atoms with Crippen LogP contribution < -0.4 is 17.1 Å². The fourth-order valence-electron chi connectivity index (χ4n) is 4.44. The lowest BCUT2D eigenvalue weighted by Gasteiger charge is -2.18. The molecule has 0 N–H and O–H groups in total. The van der Waals surface area contributed by atoms with Gasteiger partial charge >= 0.3 is 0 Å². The van der Waals surface area contributed by atoms with Crippen molar-refractivity contribution in [1.29, 1.82) is 0 Å². The molecule has 1 atom stereocenters. The van der Waals surface area contributed by atoms with E-state index in [0.717, 1.165) is 23.8 Å². The molecule has 0 spiro atoms. The van der Waals surface area contributed by atoms with Gasteiger partial charge in [-0.1, -0.05) is 43.3 Å². The van der Waals surface area contributed by atoms with Crippen molar-refractivity contribution in [2.45, 2.75) is 33.1 Å². The second-order valence-electron chi connectivity index (χ2n) is 8.13. The van der Waals surface area contributed by atoms with Crippen LogP contribution in [0.15, 0.2) is 54.6 Å². The fraction of sp³-hybridized carbons (Fsp3) is 0.269. The Morgan fingerprint density at radius 1 is 1.03 bits per heavy atom. The molecule has 0 aliphatic heterocycles. The molecule has 1 aliphatic rings. The summed E-state index contributed by atoms with van der Waals surface area (Å²) in [7, 11) is 1.71. The van der Waals surface area contributed by atoms with Crippen molar-refractivity contribution in [2.24, 2.45) is 5.92 Å². The summed E-state index contributed by atoms with van der Waals surface area (Å²) in [5.41, 5.74) is 7.58. The summed E-state index contributed by atoms with van der Waals surface area (Å²) in [5, 5.41) is 1.36. The van der Waals surface area contributed by atoms with Crippen LogP contribution in [0.25, 0.3) is 32.6 Å². The van der Waals surface area contributed by atoms with Crippen molar-refractivity contribution >= 4 is 21.6 Å². The van der Waals surface area contributed by atoms with Crippen LogP contribution in [-0.2, 0) is 12.8 Å². The molecule has 0 saturated heterocycles. The monoisotopic (exact) mass is 434 g/mol. The van der Waals surface area contributed by atoms with Crippen molar-refractivity contribution in [3.8, 4) is 28.1 Å². The number of thiophene rings is 1. The summed E-state index contributed by atoms with van der Waals surface area (Å²) < 4.78 is 5.38. The van der Waals surface area contributed by atoms with Gasteiger partial charge in [0.15, 0.2) is 0 Å². The molecule has 154 valence electrons. The lowest BCUT2D eigenvalue weighted by atomic mass is 9.87. The molecule has 0 fully saturated rings. The molecule has 1 aliphatic carbocycles. The lowest BCUT2D eigenvalue weighted by molar-refractivity contribution is -0.00000614. The Hall–Kier alpha value is -2.36. The number of fused-ring (bicyclic) bond motifs is 3. The van der Waals surface area contributed by atoms with Crippen LogP contribution in [0.3, 0.4) is 0 Å². The zero-order chi connectivity index (χ0) is 20.0. The lowest BCUT2D eigenvalue weighted by Crippen LogP contribution is -3.00. The number of pyridine rings is 1. The number of nitrogens with zero attached hydrogens (tertiary/aromatic N) is 1. The van der Waals surface area contributed by atoms with E-state index in [0.29, 0.717) is 0 Å². The molecule has 0 bridgehead atoms. The van der Waals surface area contributed by atoms with E-state index in [2.05, 4.69) is 68.4 Å². The Balaban J connectivity index is 0.00000218. The Labute approximate surface area is 188 Å². The molecule has 0 saturated carbocycles. The summed E-state index contributed by atoms with van der Waals surface area (Å²) in [4.78, 5) is 7.86. The summed E-state index contributed by atoms with van der Waals surface area (Å²) in [6.07, 6.45) is 3.60. The van der Waals surface area contributed by atoms with Crippen LogP contribution >= 0.6 is 11.3 Å². The quantitative estimate of drug-likeness (QED) is 0.484. The van der Waals surface area contributed by atoms with E-state index in [1.165, 1.54) is 55.8 Å². The van der Waals surface area contributed by atoms with Crippen LogP contribution in [0.1, 0.15) is 29.3 Å². The van der Waals surface area contributed by atoms with Crippen LogP contribution in [0.4, 0.5) is 0 Å². The number of methoxy groups -OCH3 is 1. The standard InChI is InChI=1S/C26H25NOS.ClH/c1-16-8-13-21-24(14-16)29-26-25(21)22(18-9-11-19(28-3)12-10-18)15-23(27-26)20-7-5-4-6-17(20)2;/h4-7,9-12,15-16H,8,13-14H2,1-3H3;1H/p-1. The van der Waals surface area contributed by atoms with E-state index in [-0.39, 0.29) is 12.4 Å². The van der Waals surface area contributed by atoms with E-state index in [1.807, 2.05) is 11.3 Å². The van der Waals surface area contributed by atoms with Gasteiger partial charge in [0, 0.05) is 15.8 Å². The molecule has 2 aromatic heterocycles. The van der Waals surface area contributed by atoms with Crippen LogP contribution in [0.2, 0.25) is 0 Å². The van der Waals surface area contributed by atoms with Crippen molar-refractivity contribution in [1.82, 2.24) is 4.98 Å². The highest BCUT2D eigenvalue weighted by Gasteiger charge is 2.24. The van der Waals surface area contributed by atoms with Gasteiger partial charge in [-0.05, 0) is 72.6 Å². The smallest absolute Gasteiger partial charge is 0.125 e. The predicted molar refractivity (Wildman–Crippen MR) is 123 cm³/mol. The molecule has 5 rings (SSSR count). The molecule has 30 heavy (non-hydrogen) atoms. The molecule has 2 heterocycles. The maximum absolute atomic E-state index is 5.38. The fourth-order valence-corrected chi connectivity index (χ4v) is 5.85. The number of hydrogen-bond donors (Lipinski definition) is 0. The average molecular weight is 435 g/mol. The summed E-state index contributed by atoms with van der Waals surface area (Å²) in [6, 6.07) is 19.3. The predicted octanol–water partition coefficient (Wildman–Crippen LogP) is 4.08. The highest BCUT2D eigenvalue weighted by Crippen LogP contribution is 2.43. The highest BCUT2D eigenvalue weighted by molar-refractivity contribution is 7.19. The Morgan fingerprint density at radius 3 is 2.53 bits per heavy atom. The van der Waals surface area contributed by atoms with Gasteiger partial charge in [-0.2, -0.15) is 0 Å². The molecule has 4 heteroatoms. The molecule has 1 unspecified atom stereocenters. The highest BCUT2D eigenvalue weighted by atomic mass is 35.5. The van der Waals surface area contributed by atoms with E-state index < -0.39 is 0 Å². The number of halogens is 1. The number of hydrogen-bond acceptors (Lipinski definition) is 3. The average Bonchev–Trinajstić information content (AvgIpc) is 3.10. The van der Waals surface area contributed by atoms with Crippen molar-refractivity contribution in [3.05, 3.63) is 70.6 Å². The van der Waals surface area contributed by atoms with E-state index in [9.17, 15) is 0 Å². The Morgan fingerprint density at radius 2 is 1.80 bits per heavy atom. The number of benzene rings is 2. The second-order valence-corrected chi connectivity index (χ2v) is 9.21.